The summed E-state index contributed by atoms with van der Waals surface area (Å²) < 4.78 is 20.5. The van der Waals surface area contributed by atoms with Crippen molar-refractivity contribution in [3.05, 3.63) is 65.5 Å². The van der Waals surface area contributed by atoms with Crippen molar-refractivity contribution in [2.24, 2.45) is 0 Å². The van der Waals surface area contributed by atoms with Gasteiger partial charge < -0.3 is 10.1 Å². The SMILES string of the molecule is CCc1ccc(OCC(=O)Nc2ccc(F)c(Cl)c2)c(-n2cnnc2)c1. The summed E-state index contributed by atoms with van der Waals surface area (Å²) in [6, 6.07) is 9.64. The minimum Gasteiger partial charge on any atom is -0.482 e. The molecule has 0 unspecified atom stereocenters. The van der Waals surface area contributed by atoms with E-state index in [9.17, 15) is 9.18 Å². The highest BCUT2D eigenvalue weighted by molar-refractivity contribution is 6.31. The average Bonchev–Trinajstić information content (AvgIpc) is 3.17. The molecule has 0 bridgehead atoms. The molecule has 134 valence electrons. The first kappa shape index (κ1) is 17.9. The second-order valence-electron chi connectivity index (χ2n) is 5.49. The molecule has 0 atom stereocenters. The number of ether oxygens (including phenoxy) is 1. The van der Waals surface area contributed by atoms with Crippen LogP contribution in [-0.4, -0.2) is 27.3 Å². The van der Waals surface area contributed by atoms with Gasteiger partial charge in [0.15, 0.2) is 6.61 Å². The van der Waals surface area contributed by atoms with Crippen LogP contribution in [0, 0.1) is 5.82 Å². The molecule has 3 rings (SSSR count). The third-order valence-corrected chi connectivity index (χ3v) is 3.98. The van der Waals surface area contributed by atoms with Gasteiger partial charge in [0.1, 0.15) is 24.2 Å². The zero-order chi connectivity index (χ0) is 18.5. The molecule has 0 aliphatic rings. The number of amides is 1. The molecular weight excluding hydrogens is 359 g/mol. The van der Waals surface area contributed by atoms with Gasteiger partial charge in [-0.3, -0.25) is 9.36 Å². The first-order valence-electron chi connectivity index (χ1n) is 7.92. The van der Waals surface area contributed by atoms with Crippen molar-refractivity contribution in [1.82, 2.24) is 14.8 Å². The zero-order valence-electron chi connectivity index (χ0n) is 13.9. The fraction of sp³-hybridized carbons (Fsp3) is 0.167. The first-order chi connectivity index (χ1) is 12.6. The Bertz CT molecular complexity index is 916. The van der Waals surface area contributed by atoms with Crippen LogP contribution in [0.4, 0.5) is 10.1 Å². The van der Waals surface area contributed by atoms with Crippen LogP contribution < -0.4 is 10.1 Å². The van der Waals surface area contributed by atoms with Crippen LogP contribution in [0.3, 0.4) is 0 Å². The van der Waals surface area contributed by atoms with Gasteiger partial charge in [0.2, 0.25) is 0 Å². The number of benzene rings is 2. The summed E-state index contributed by atoms with van der Waals surface area (Å²) in [6.45, 7) is 1.84. The number of hydrogen-bond acceptors (Lipinski definition) is 4. The van der Waals surface area contributed by atoms with Gasteiger partial charge in [0.05, 0.1) is 10.7 Å². The largest absolute Gasteiger partial charge is 0.482 e. The molecule has 0 aliphatic carbocycles. The maximum atomic E-state index is 13.2. The minimum atomic E-state index is -0.546. The number of rotatable bonds is 6. The van der Waals surface area contributed by atoms with E-state index in [0.717, 1.165) is 17.7 Å². The normalized spacial score (nSPS) is 10.6. The Balaban J connectivity index is 1.71. The predicted molar refractivity (Wildman–Crippen MR) is 96.3 cm³/mol. The maximum Gasteiger partial charge on any atom is 0.262 e. The quantitative estimate of drug-likeness (QED) is 0.715. The van der Waals surface area contributed by atoms with Crippen LogP contribution >= 0.6 is 11.6 Å². The fourth-order valence-corrected chi connectivity index (χ4v) is 2.53. The van der Waals surface area contributed by atoms with Gasteiger partial charge in [-0.05, 0) is 42.3 Å². The van der Waals surface area contributed by atoms with Crippen LogP contribution in [0.5, 0.6) is 5.75 Å². The van der Waals surface area contributed by atoms with E-state index in [2.05, 4.69) is 15.5 Å². The average molecular weight is 375 g/mol. The Morgan fingerprint density at radius 3 is 2.69 bits per heavy atom. The lowest BCUT2D eigenvalue weighted by atomic mass is 10.1. The summed E-state index contributed by atoms with van der Waals surface area (Å²) in [4.78, 5) is 12.1. The molecule has 1 heterocycles. The van der Waals surface area contributed by atoms with E-state index >= 15 is 0 Å². The number of carbonyl (C=O) groups is 1. The number of hydrogen-bond donors (Lipinski definition) is 1. The molecular formula is C18H16ClFN4O2. The molecule has 1 N–H and O–H groups in total. The molecule has 0 fully saturated rings. The van der Waals surface area contributed by atoms with Crippen molar-refractivity contribution in [3.63, 3.8) is 0 Å². The first-order valence-corrected chi connectivity index (χ1v) is 8.30. The molecule has 2 aromatic carbocycles. The van der Waals surface area contributed by atoms with E-state index in [-0.39, 0.29) is 17.5 Å². The highest BCUT2D eigenvalue weighted by atomic mass is 35.5. The number of aryl methyl sites for hydroxylation is 1. The molecule has 0 saturated carbocycles. The van der Waals surface area contributed by atoms with E-state index in [0.29, 0.717) is 11.4 Å². The summed E-state index contributed by atoms with van der Waals surface area (Å²) in [5.74, 6) is -0.410. The van der Waals surface area contributed by atoms with Crippen molar-refractivity contribution < 1.29 is 13.9 Å². The number of carbonyl (C=O) groups excluding carboxylic acids is 1. The Morgan fingerprint density at radius 2 is 2.00 bits per heavy atom. The molecule has 1 aromatic heterocycles. The van der Waals surface area contributed by atoms with Crippen molar-refractivity contribution >= 4 is 23.2 Å². The monoisotopic (exact) mass is 374 g/mol. The molecule has 26 heavy (non-hydrogen) atoms. The van der Waals surface area contributed by atoms with Crippen molar-refractivity contribution in [2.45, 2.75) is 13.3 Å². The van der Waals surface area contributed by atoms with Crippen molar-refractivity contribution in [3.8, 4) is 11.4 Å². The highest BCUT2D eigenvalue weighted by Gasteiger charge is 2.11. The third kappa shape index (κ3) is 4.18. The van der Waals surface area contributed by atoms with Gasteiger partial charge >= 0.3 is 0 Å². The van der Waals surface area contributed by atoms with Gasteiger partial charge in [0, 0.05) is 5.69 Å². The van der Waals surface area contributed by atoms with Crippen LogP contribution in [0.2, 0.25) is 5.02 Å². The summed E-state index contributed by atoms with van der Waals surface area (Å²) >= 11 is 5.70. The Kier molecular flexibility index (Phi) is 5.48. The molecule has 8 heteroatoms. The smallest absolute Gasteiger partial charge is 0.262 e. The van der Waals surface area contributed by atoms with Gasteiger partial charge in [-0.1, -0.05) is 24.6 Å². The second-order valence-corrected chi connectivity index (χ2v) is 5.90. The van der Waals surface area contributed by atoms with Gasteiger partial charge in [-0.15, -0.1) is 10.2 Å². The minimum absolute atomic E-state index is 0.0613. The molecule has 0 saturated heterocycles. The van der Waals surface area contributed by atoms with E-state index < -0.39 is 5.82 Å². The zero-order valence-corrected chi connectivity index (χ0v) is 14.7. The number of halogens is 2. The summed E-state index contributed by atoms with van der Waals surface area (Å²) in [5, 5.41) is 10.1. The second kappa shape index (κ2) is 7.97. The Morgan fingerprint density at radius 1 is 1.23 bits per heavy atom. The Labute approximate surface area is 154 Å². The molecule has 3 aromatic rings. The number of aromatic nitrogens is 3. The highest BCUT2D eigenvalue weighted by Crippen LogP contribution is 2.25. The summed E-state index contributed by atoms with van der Waals surface area (Å²) in [5.41, 5.74) is 2.25. The van der Waals surface area contributed by atoms with Crippen molar-refractivity contribution in [1.29, 1.82) is 0 Å². The predicted octanol–water partition coefficient (Wildman–Crippen LogP) is 3.64. The summed E-state index contributed by atoms with van der Waals surface area (Å²) in [7, 11) is 0. The van der Waals surface area contributed by atoms with Gasteiger partial charge in [0.25, 0.3) is 5.91 Å². The van der Waals surface area contributed by atoms with Crippen LogP contribution in [0.1, 0.15) is 12.5 Å². The van der Waals surface area contributed by atoms with E-state index in [4.69, 9.17) is 16.3 Å². The van der Waals surface area contributed by atoms with Gasteiger partial charge in [-0.2, -0.15) is 0 Å². The number of nitrogens with one attached hydrogen (secondary N) is 1. The van der Waals surface area contributed by atoms with E-state index in [1.54, 1.807) is 23.3 Å². The van der Waals surface area contributed by atoms with Crippen LogP contribution in [0.25, 0.3) is 5.69 Å². The van der Waals surface area contributed by atoms with E-state index in [1.165, 1.54) is 18.2 Å². The van der Waals surface area contributed by atoms with Crippen LogP contribution in [0.15, 0.2) is 49.1 Å². The lowest BCUT2D eigenvalue weighted by Crippen LogP contribution is -2.20. The topological polar surface area (TPSA) is 69.0 Å². The number of nitrogens with zero attached hydrogens (tertiary/aromatic N) is 3. The lowest BCUT2D eigenvalue weighted by molar-refractivity contribution is -0.118. The van der Waals surface area contributed by atoms with E-state index in [1.807, 2.05) is 19.1 Å². The van der Waals surface area contributed by atoms with Crippen molar-refractivity contribution in [2.75, 3.05) is 11.9 Å². The number of anilines is 1. The standard InChI is InChI=1S/C18H16ClFN4O2/c1-2-12-3-6-17(16(7-12)24-10-21-22-11-24)26-9-18(25)23-13-4-5-15(20)14(19)8-13/h3-8,10-11H,2,9H2,1H3,(H,23,25). The lowest BCUT2D eigenvalue weighted by Gasteiger charge is -2.13. The molecule has 0 aliphatic heterocycles. The third-order valence-electron chi connectivity index (χ3n) is 3.69. The maximum absolute atomic E-state index is 13.2. The molecule has 0 radical (unpaired) electrons. The molecule has 6 nitrogen and oxygen atoms in total. The summed E-state index contributed by atoms with van der Waals surface area (Å²) in [6.07, 6.45) is 3.98. The molecule has 1 amide bonds. The fourth-order valence-electron chi connectivity index (χ4n) is 2.35. The molecule has 0 spiro atoms. The Hall–Kier alpha value is -2.93. The van der Waals surface area contributed by atoms with Crippen LogP contribution in [-0.2, 0) is 11.2 Å². The van der Waals surface area contributed by atoms with Gasteiger partial charge in [-0.25, -0.2) is 4.39 Å².